The van der Waals surface area contributed by atoms with Gasteiger partial charge in [-0.05, 0) is 100 Å². The smallest absolute Gasteiger partial charge is 0.253 e. The molecule has 210 valence electrons. The third-order valence-electron chi connectivity index (χ3n) is 8.08. The third-order valence-corrected chi connectivity index (χ3v) is 8.08. The lowest BCUT2D eigenvalue weighted by Crippen LogP contribution is -2.48. The van der Waals surface area contributed by atoms with E-state index in [-0.39, 0.29) is 5.91 Å². The molecule has 4 rings (SSSR count). The fraction of sp³-hybridized carbons (Fsp3) is 0.424. The van der Waals surface area contributed by atoms with E-state index in [4.69, 9.17) is 11.2 Å². The van der Waals surface area contributed by atoms with Gasteiger partial charge in [-0.3, -0.25) is 9.78 Å². The summed E-state index contributed by atoms with van der Waals surface area (Å²) in [5.41, 5.74) is 6.42. The van der Waals surface area contributed by atoms with Gasteiger partial charge < -0.3 is 19.9 Å². The van der Waals surface area contributed by atoms with Crippen molar-refractivity contribution in [1.82, 2.24) is 20.2 Å². The number of amides is 1. The van der Waals surface area contributed by atoms with E-state index in [0.29, 0.717) is 35.6 Å². The number of hydrogen-bond acceptors (Lipinski definition) is 6. The SMILES string of the molecule is C#Cc1cc(C)c(C(=O)NCCC(C)N2CCC(N(Cc3cnccc3C)c3ccc(OC)cc3)CC2)c(C)n1. The van der Waals surface area contributed by atoms with Crippen molar-refractivity contribution in [2.75, 3.05) is 31.6 Å². The first-order valence-electron chi connectivity index (χ1n) is 14.1. The number of carbonyl (C=O) groups excluding carboxylic acids is 1. The van der Waals surface area contributed by atoms with Crippen LogP contribution in [0.4, 0.5) is 5.69 Å². The molecule has 3 aromatic rings. The van der Waals surface area contributed by atoms with Gasteiger partial charge in [0.25, 0.3) is 5.91 Å². The molecule has 1 amide bonds. The van der Waals surface area contributed by atoms with Gasteiger partial charge in [-0.1, -0.05) is 5.92 Å². The van der Waals surface area contributed by atoms with Crippen molar-refractivity contribution in [2.45, 2.75) is 65.6 Å². The molecule has 1 N–H and O–H groups in total. The van der Waals surface area contributed by atoms with E-state index >= 15 is 0 Å². The van der Waals surface area contributed by atoms with Crippen LogP contribution in [0.3, 0.4) is 0 Å². The molecule has 0 radical (unpaired) electrons. The van der Waals surface area contributed by atoms with Gasteiger partial charge in [-0.25, -0.2) is 4.98 Å². The Morgan fingerprint density at radius 2 is 1.90 bits per heavy atom. The fourth-order valence-corrected chi connectivity index (χ4v) is 5.60. The number of hydrogen-bond donors (Lipinski definition) is 1. The predicted octanol–water partition coefficient (Wildman–Crippen LogP) is 5.07. The molecule has 1 unspecified atom stereocenters. The molecule has 7 nitrogen and oxygen atoms in total. The zero-order valence-corrected chi connectivity index (χ0v) is 24.4. The monoisotopic (exact) mass is 539 g/mol. The summed E-state index contributed by atoms with van der Waals surface area (Å²) in [5, 5.41) is 3.10. The predicted molar refractivity (Wildman–Crippen MR) is 161 cm³/mol. The van der Waals surface area contributed by atoms with Crippen LogP contribution in [0.2, 0.25) is 0 Å². The zero-order chi connectivity index (χ0) is 28.6. The van der Waals surface area contributed by atoms with Crippen LogP contribution in [0.5, 0.6) is 5.75 Å². The summed E-state index contributed by atoms with van der Waals surface area (Å²) in [4.78, 5) is 26.7. The number of benzene rings is 1. The highest BCUT2D eigenvalue weighted by Crippen LogP contribution is 2.29. The van der Waals surface area contributed by atoms with Crippen molar-refractivity contribution < 1.29 is 9.53 Å². The molecule has 1 fully saturated rings. The number of carbonyl (C=O) groups is 1. The summed E-state index contributed by atoms with van der Waals surface area (Å²) in [6.45, 7) is 11.6. The van der Waals surface area contributed by atoms with Gasteiger partial charge in [0.05, 0.1) is 18.4 Å². The Hall–Kier alpha value is -3.89. The van der Waals surface area contributed by atoms with Gasteiger partial charge in [-0.2, -0.15) is 0 Å². The van der Waals surface area contributed by atoms with Crippen LogP contribution in [0.15, 0.2) is 48.8 Å². The Bertz CT molecular complexity index is 1320. The Balaban J connectivity index is 1.34. The lowest BCUT2D eigenvalue weighted by Gasteiger charge is -2.42. The molecule has 1 atom stereocenters. The molecule has 7 heteroatoms. The number of ether oxygens (including phenoxy) is 1. The Morgan fingerprint density at radius 1 is 1.18 bits per heavy atom. The summed E-state index contributed by atoms with van der Waals surface area (Å²) in [7, 11) is 1.70. The average molecular weight is 540 g/mol. The molecule has 3 heterocycles. The van der Waals surface area contributed by atoms with E-state index in [1.807, 2.05) is 38.4 Å². The number of nitrogens with one attached hydrogen (secondary N) is 1. The fourth-order valence-electron chi connectivity index (χ4n) is 5.60. The number of methoxy groups -OCH3 is 1. The second kappa shape index (κ2) is 13.5. The van der Waals surface area contributed by atoms with Crippen LogP contribution >= 0.6 is 0 Å². The lowest BCUT2D eigenvalue weighted by atomic mass is 9.99. The maximum atomic E-state index is 12.9. The Labute approximate surface area is 239 Å². The highest BCUT2D eigenvalue weighted by atomic mass is 16.5. The van der Waals surface area contributed by atoms with Crippen LogP contribution in [-0.2, 0) is 6.54 Å². The summed E-state index contributed by atoms with van der Waals surface area (Å²) in [6.07, 6.45) is 12.4. The first-order chi connectivity index (χ1) is 19.3. The van der Waals surface area contributed by atoms with Gasteiger partial charge in [0.15, 0.2) is 0 Å². The number of terminal acetylenes is 1. The number of aromatic nitrogens is 2. The number of nitrogens with zero attached hydrogens (tertiary/aromatic N) is 4. The molecule has 1 aliphatic heterocycles. The van der Waals surface area contributed by atoms with Crippen molar-refractivity contribution in [2.24, 2.45) is 0 Å². The van der Waals surface area contributed by atoms with E-state index in [9.17, 15) is 4.79 Å². The summed E-state index contributed by atoms with van der Waals surface area (Å²) in [6, 6.07) is 13.1. The molecular formula is C33H41N5O2. The van der Waals surface area contributed by atoms with Crippen LogP contribution in [0.25, 0.3) is 0 Å². The average Bonchev–Trinajstić information content (AvgIpc) is 2.96. The van der Waals surface area contributed by atoms with Crippen LogP contribution in [0.1, 0.15) is 64.6 Å². The highest BCUT2D eigenvalue weighted by molar-refractivity contribution is 5.96. The van der Waals surface area contributed by atoms with E-state index in [1.54, 1.807) is 13.2 Å². The molecule has 0 saturated carbocycles. The Morgan fingerprint density at radius 3 is 2.52 bits per heavy atom. The molecule has 1 aliphatic rings. The molecule has 1 saturated heterocycles. The quantitative estimate of drug-likeness (QED) is 0.363. The van der Waals surface area contributed by atoms with E-state index in [0.717, 1.165) is 50.2 Å². The largest absolute Gasteiger partial charge is 0.497 e. The van der Waals surface area contributed by atoms with Gasteiger partial charge in [0.1, 0.15) is 11.4 Å². The number of likely N-dealkylation sites (tertiary alicyclic amines) is 1. The standard InChI is InChI=1S/C33H41N5O2/c1-7-28-20-24(3)32(26(5)36-28)33(39)35-17-13-25(4)37-18-14-30(15-19-37)38(22-27-21-34-16-12-23(27)2)29-8-10-31(40-6)11-9-29/h1,8-12,16,20-21,25,30H,13-15,17-19,22H2,2-6H3,(H,35,39). The van der Waals surface area contributed by atoms with Gasteiger partial charge in [0.2, 0.25) is 0 Å². The van der Waals surface area contributed by atoms with Crippen molar-refractivity contribution >= 4 is 11.6 Å². The second-order valence-electron chi connectivity index (χ2n) is 10.7. The van der Waals surface area contributed by atoms with Crippen molar-refractivity contribution in [1.29, 1.82) is 0 Å². The lowest BCUT2D eigenvalue weighted by molar-refractivity contribution is 0.0943. The highest BCUT2D eigenvalue weighted by Gasteiger charge is 2.28. The number of rotatable bonds is 10. The van der Waals surface area contributed by atoms with Crippen LogP contribution < -0.4 is 15.0 Å². The first-order valence-corrected chi connectivity index (χ1v) is 14.1. The molecule has 0 aliphatic carbocycles. The Kier molecular flexibility index (Phi) is 9.79. The molecule has 2 aromatic heterocycles. The minimum atomic E-state index is -0.0854. The van der Waals surface area contributed by atoms with Crippen molar-refractivity contribution in [3.05, 3.63) is 82.4 Å². The summed E-state index contributed by atoms with van der Waals surface area (Å²) in [5.74, 6) is 3.33. The molecule has 0 bridgehead atoms. The van der Waals surface area contributed by atoms with Crippen molar-refractivity contribution in [3.8, 4) is 18.1 Å². The number of anilines is 1. The molecule has 40 heavy (non-hydrogen) atoms. The number of pyridine rings is 2. The van der Waals surface area contributed by atoms with E-state index in [2.05, 4.69) is 63.1 Å². The molecule has 1 aromatic carbocycles. The van der Waals surface area contributed by atoms with Gasteiger partial charge >= 0.3 is 0 Å². The summed E-state index contributed by atoms with van der Waals surface area (Å²) < 4.78 is 5.39. The molecular weight excluding hydrogens is 498 g/mol. The minimum Gasteiger partial charge on any atom is -0.497 e. The molecule has 0 spiro atoms. The maximum absolute atomic E-state index is 12.9. The van der Waals surface area contributed by atoms with Crippen molar-refractivity contribution in [3.63, 3.8) is 0 Å². The van der Waals surface area contributed by atoms with Gasteiger partial charge in [0, 0.05) is 56.3 Å². The number of piperidine rings is 1. The van der Waals surface area contributed by atoms with Crippen LogP contribution in [-0.4, -0.2) is 59.6 Å². The third kappa shape index (κ3) is 7.00. The maximum Gasteiger partial charge on any atom is 0.253 e. The topological polar surface area (TPSA) is 70.6 Å². The zero-order valence-electron chi connectivity index (χ0n) is 24.4. The first kappa shape index (κ1) is 29.1. The summed E-state index contributed by atoms with van der Waals surface area (Å²) >= 11 is 0. The normalized spacial score (nSPS) is 14.8. The van der Waals surface area contributed by atoms with Crippen LogP contribution in [0, 0.1) is 33.1 Å². The van der Waals surface area contributed by atoms with Gasteiger partial charge in [-0.15, -0.1) is 6.42 Å². The second-order valence-corrected chi connectivity index (χ2v) is 10.7. The van der Waals surface area contributed by atoms with E-state index < -0.39 is 0 Å². The number of aryl methyl sites for hydroxylation is 3. The van der Waals surface area contributed by atoms with E-state index in [1.165, 1.54) is 16.8 Å². The minimum absolute atomic E-state index is 0.0854.